The second-order valence-corrected chi connectivity index (χ2v) is 9.38. The molecule has 0 spiro atoms. The zero-order valence-electron chi connectivity index (χ0n) is 15.9. The van der Waals surface area contributed by atoms with E-state index in [1.54, 1.807) is 21.3 Å². The topological polar surface area (TPSA) is 55.4 Å². The number of fused-ring (bicyclic) bond motifs is 1. The lowest BCUT2D eigenvalue weighted by atomic mass is 10.1. The van der Waals surface area contributed by atoms with Crippen LogP contribution in [0.5, 0.6) is 11.5 Å². The smallest absolute Gasteiger partial charge is 0.494 e. The van der Waals surface area contributed by atoms with Crippen molar-refractivity contribution in [2.24, 2.45) is 0 Å². The Morgan fingerprint density at radius 1 is 1.16 bits per heavy atom. The Labute approximate surface area is 151 Å². The van der Waals surface area contributed by atoms with Gasteiger partial charge >= 0.3 is 8.80 Å². The maximum Gasteiger partial charge on any atom is 0.500 e. The van der Waals surface area contributed by atoms with E-state index in [9.17, 15) is 0 Å². The fourth-order valence-corrected chi connectivity index (χ4v) is 4.65. The minimum absolute atomic E-state index is 0.529. The highest BCUT2D eigenvalue weighted by Gasteiger charge is 2.37. The van der Waals surface area contributed by atoms with Gasteiger partial charge in [0.15, 0.2) is 0 Å². The molecule has 2 rings (SSSR count). The molecule has 1 unspecified atom stereocenters. The molecule has 1 aromatic carbocycles. The van der Waals surface area contributed by atoms with Crippen molar-refractivity contribution in [1.29, 1.82) is 0 Å². The Hall–Kier alpha value is -1.12. The highest BCUT2D eigenvalue weighted by Crippen LogP contribution is 2.35. The molecule has 0 bridgehead atoms. The molecule has 0 fully saturated rings. The first kappa shape index (κ1) is 20.2. The molecule has 7 heteroatoms. The molecule has 0 N–H and O–H groups in total. The molecule has 1 heterocycles. The zero-order chi connectivity index (χ0) is 18.3. The van der Waals surface area contributed by atoms with Crippen LogP contribution in [-0.2, 0) is 24.6 Å². The maximum atomic E-state index is 6.01. The summed E-state index contributed by atoms with van der Waals surface area (Å²) in [6, 6.07) is 6.58. The fourth-order valence-electron chi connectivity index (χ4n) is 2.96. The Bertz CT molecular complexity index is 540. The summed E-state index contributed by atoms with van der Waals surface area (Å²) in [5, 5.41) is 0. The van der Waals surface area contributed by atoms with Crippen LogP contribution < -0.4 is 9.47 Å². The van der Waals surface area contributed by atoms with Gasteiger partial charge in [-0.15, -0.1) is 0 Å². The molecule has 1 atom stereocenters. The first-order chi connectivity index (χ1) is 12.0. The van der Waals surface area contributed by atoms with Gasteiger partial charge in [0.1, 0.15) is 11.5 Å². The summed E-state index contributed by atoms with van der Waals surface area (Å²) in [6.45, 7) is 5.22. The normalized spacial score (nSPS) is 20.0. The average Bonchev–Trinajstić information content (AvgIpc) is 2.62. The van der Waals surface area contributed by atoms with Crippen molar-refractivity contribution in [2.75, 3.05) is 27.9 Å². The van der Waals surface area contributed by atoms with Crippen LogP contribution in [-0.4, -0.2) is 42.5 Å². The van der Waals surface area contributed by atoms with Crippen LogP contribution in [0, 0.1) is 0 Å². The lowest BCUT2D eigenvalue weighted by Crippen LogP contribution is -2.42. The minimum Gasteiger partial charge on any atom is -0.494 e. The summed E-state index contributed by atoms with van der Waals surface area (Å²) in [6.07, 6.45) is 2.68. The van der Waals surface area contributed by atoms with E-state index in [1.807, 2.05) is 25.1 Å². The zero-order valence-corrected chi connectivity index (χ0v) is 16.9. The maximum absolute atomic E-state index is 6.01. The second kappa shape index (κ2) is 9.00. The Morgan fingerprint density at radius 3 is 2.52 bits per heavy atom. The fraction of sp³-hybridized carbons (Fsp3) is 0.667. The van der Waals surface area contributed by atoms with Gasteiger partial charge in [0.2, 0.25) is 5.79 Å². The molecule has 6 nitrogen and oxygen atoms in total. The molecule has 0 amide bonds. The summed E-state index contributed by atoms with van der Waals surface area (Å²) in [4.78, 5) is 0. The monoisotopic (exact) mass is 370 g/mol. The number of benzene rings is 1. The van der Waals surface area contributed by atoms with Crippen molar-refractivity contribution in [3.8, 4) is 11.5 Å². The van der Waals surface area contributed by atoms with Crippen molar-refractivity contribution in [1.82, 2.24) is 0 Å². The van der Waals surface area contributed by atoms with Crippen LogP contribution in [0.2, 0.25) is 6.04 Å². The third-order valence-corrected chi connectivity index (χ3v) is 7.26. The quantitative estimate of drug-likeness (QED) is 0.462. The first-order valence-electron chi connectivity index (χ1n) is 8.74. The van der Waals surface area contributed by atoms with E-state index in [-0.39, 0.29) is 0 Å². The molecule has 25 heavy (non-hydrogen) atoms. The van der Waals surface area contributed by atoms with Gasteiger partial charge in [-0.25, -0.2) is 0 Å². The number of ether oxygens (including phenoxy) is 3. The van der Waals surface area contributed by atoms with Gasteiger partial charge in [-0.3, -0.25) is 0 Å². The predicted octanol–water partition coefficient (Wildman–Crippen LogP) is 3.76. The summed E-state index contributed by atoms with van der Waals surface area (Å²) < 4.78 is 34.0. The van der Waals surface area contributed by atoms with Gasteiger partial charge < -0.3 is 27.5 Å². The van der Waals surface area contributed by atoms with Crippen LogP contribution in [0.25, 0.3) is 0 Å². The standard InChI is InChI=1S/C18H30O6Si/c1-6-10-18(2)23-14-15-13-16(8-9-17(15)24-18)22-11-7-12-25(19-3,20-4)21-5/h8-9,13H,6-7,10-12,14H2,1-5H3. The van der Waals surface area contributed by atoms with Crippen molar-refractivity contribution in [3.63, 3.8) is 0 Å². The van der Waals surface area contributed by atoms with E-state index in [0.717, 1.165) is 36.3 Å². The van der Waals surface area contributed by atoms with Crippen LogP contribution in [0.4, 0.5) is 0 Å². The van der Waals surface area contributed by atoms with E-state index in [4.69, 9.17) is 27.5 Å². The van der Waals surface area contributed by atoms with E-state index in [2.05, 4.69) is 6.92 Å². The van der Waals surface area contributed by atoms with Crippen molar-refractivity contribution in [3.05, 3.63) is 23.8 Å². The average molecular weight is 371 g/mol. The molecule has 0 aliphatic carbocycles. The van der Waals surface area contributed by atoms with E-state index in [1.165, 1.54) is 0 Å². The van der Waals surface area contributed by atoms with E-state index < -0.39 is 14.6 Å². The summed E-state index contributed by atoms with van der Waals surface area (Å²) >= 11 is 0. The minimum atomic E-state index is -2.52. The van der Waals surface area contributed by atoms with Gasteiger partial charge in [-0.05, 0) is 31.0 Å². The van der Waals surface area contributed by atoms with Crippen LogP contribution in [0.1, 0.15) is 38.7 Å². The van der Waals surface area contributed by atoms with Crippen LogP contribution >= 0.6 is 0 Å². The first-order valence-corrected chi connectivity index (χ1v) is 10.7. The van der Waals surface area contributed by atoms with Gasteiger partial charge in [-0.1, -0.05) is 6.92 Å². The SMILES string of the molecule is CCCC1(C)OCc2cc(OCCC[Si](OC)(OC)OC)ccc2O1. The third kappa shape index (κ3) is 5.18. The lowest BCUT2D eigenvalue weighted by molar-refractivity contribution is -0.197. The van der Waals surface area contributed by atoms with Crippen molar-refractivity contribution in [2.45, 2.75) is 51.5 Å². The molecule has 0 aromatic heterocycles. The predicted molar refractivity (Wildman–Crippen MR) is 96.9 cm³/mol. The Balaban J connectivity index is 1.87. The highest BCUT2D eigenvalue weighted by molar-refractivity contribution is 6.60. The molecule has 1 aliphatic rings. The summed E-state index contributed by atoms with van der Waals surface area (Å²) in [5.74, 6) is 1.15. The molecular weight excluding hydrogens is 340 g/mol. The molecule has 1 aromatic rings. The summed E-state index contributed by atoms with van der Waals surface area (Å²) in [5.41, 5.74) is 1.01. The van der Waals surface area contributed by atoms with Gasteiger partial charge in [0.05, 0.1) is 13.2 Å². The van der Waals surface area contributed by atoms with Crippen LogP contribution in [0.15, 0.2) is 18.2 Å². The van der Waals surface area contributed by atoms with E-state index >= 15 is 0 Å². The molecule has 1 aliphatic heterocycles. The number of hydrogen-bond acceptors (Lipinski definition) is 6. The van der Waals surface area contributed by atoms with Crippen molar-refractivity contribution < 1.29 is 27.5 Å². The second-order valence-electron chi connectivity index (χ2n) is 6.29. The largest absolute Gasteiger partial charge is 0.500 e. The molecule has 0 radical (unpaired) electrons. The molecule has 142 valence electrons. The lowest BCUT2D eigenvalue weighted by Gasteiger charge is -2.35. The summed E-state index contributed by atoms with van der Waals surface area (Å²) in [7, 11) is 2.34. The Morgan fingerprint density at radius 2 is 1.88 bits per heavy atom. The van der Waals surface area contributed by atoms with Gasteiger partial charge in [-0.2, -0.15) is 0 Å². The molecule has 0 saturated carbocycles. The van der Waals surface area contributed by atoms with Crippen LogP contribution in [0.3, 0.4) is 0 Å². The molecular formula is C18H30O6Si. The van der Waals surface area contributed by atoms with E-state index in [0.29, 0.717) is 19.3 Å². The van der Waals surface area contributed by atoms with Gasteiger partial charge in [0, 0.05) is 46.3 Å². The van der Waals surface area contributed by atoms with Gasteiger partial charge in [0.25, 0.3) is 0 Å². The number of hydrogen-bond donors (Lipinski definition) is 0. The highest BCUT2D eigenvalue weighted by atomic mass is 28.4. The van der Waals surface area contributed by atoms with Crippen molar-refractivity contribution >= 4 is 8.80 Å². The Kier molecular flexibility index (Phi) is 7.27. The number of rotatable bonds is 10. The third-order valence-electron chi connectivity index (χ3n) is 4.42. The molecule has 0 saturated heterocycles.